The van der Waals surface area contributed by atoms with Crippen LogP contribution in [0.5, 0.6) is 0 Å². The van der Waals surface area contributed by atoms with Crippen LogP contribution in [0.15, 0.2) is 12.1 Å². The molecule has 1 saturated carbocycles. The van der Waals surface area contributed by atoms with Crippen molar-refractivity contribution in [2.75, 3.05) is 11.5 Å². The predicted octanol–water partition coefficient (Wildman–Crippen LogP) is 2.06. The normalized spacial score (nSPS) is 11.4. The van der Waals surface area contributed by atoms with Gasteiger partial charge in [0.25, 0.3) is 0 Å². The van der Waals surface area contributed by atoms with Crippen LogP contribution in [-0.2, 0) is 582 Å². The van der Waals surface area contributed by atoms with E-state index in [4.69, 9.17) is 33.8 Å². The van der Waals surface area contributed by atoms with Crippen molar-refractivity contribution in [3.05, 3.63) is 23.3 Å². The third-order valence-corrected chi connectivity index (χ3v) is 143. The van der Waals surface area contributed by atoms with Crippen molar-refractivity contribution in [3.8, 4) is 0 Å². The summed E-state index contributed by atoms with van der Waals surface area (Å²) >= 11 is 9.64. The van der Waals surface area contributed by atoms with Crippen LogP contribution in [0, 0.1) is 0 Å². The fourth-order valence-electron chi connectivity index (χ4n) is 3.70. The van der Waals surface area contributed by atoms with Crippen molar-refractivity contribution in [1.29, 1.82) is 0 Å². The minimum Gasteiger partial charge on any atom is -0.397 e. The lowest BCUT2D eigenvalue weighted by Gasteiger charge is -2.17. The van der Waals surface area contributed by atoms with E-state index in [1.165, 1.54) is 48.2 Å². The summed E-state index contributed by atoms with van der Waals surface area (Å²) in [5, 5.41) is 0. The van der Waals surface area contributed by atoms with Gasteiger partial charge in [0, 0.05) is 582 Å². The van der Waals surface area contributed by atoms with E-state index in [1.807, 2.05) is 441 Å². The minimum absolute atomic E-state index is 0.712. The van der Waals surface area contributed by atoms with E-state index < -0.39 is 0 Å². The molecule has 0 aliphatic heterocycles. The van der Waals surface area contributed by atoms with Gasteiger partial charge >= 0.3 is 0 Å². The van der Waals surface area contributed by atoms with Crippen LogP contribution in [-0.4, -0.2) is 0 Å². The van der Waals surface area contributed by atoms with Crippen LogP contribution in [0.2, 0.25) is 0 Å². The van der Waals surface area contributed by atoms with Crippen LogP contribution in [0.25, 0.3) is 0 Å². The maximum absolute atomic E-state index is 6.00. The summed E-state index contributed by atoms with van der Waals surface area (Å²) in [6, 6.07) is 4.12. The molecule has 78 heavy (non-hydrogen) atoms. The van der Waals surface area contributed by atoms with Gasteiger partial charge in [0.05, 0.1) is 11.4 Å². The first-order valence-electron chi connectivity index (χ1n) is 15.6. The number of rotatable bonds is 0. The summed E-state index contributed by atoms with van der Waals surface area (Å²) in [5.74, 6) is 1.49. The second-order valence-electron chi connectivity index (χ2n) is 8.56. The molecule has 2 aliphatic carbocycles. The van der Waals surface area contributed by atoms with Crippen LogP contribution >= 0.6 is 0 Å². The molecule has 1 fully saturated rings. The molecular weight excluding hydrogens is 2240 g/mol. The summed E-state index contributed by atoms with van der Waals surface area (Å²) < 4.78 is 0. The lowest BCUT2D eigenvalue weighted by atomic mass is 9.90. The number of hydrogen-bond acceptors (Lipinski definition) is 4. The van der Waals surface area contributed by atoms with Crippen LogP contribution in [0.1, 0.15) is 42.2 Å². The monoisotopic (exact) mass is 2250 g/mol. The van der Waals surface area contributed by atoms with Gasteiger partial charge in [-0.1, -0.05) is 6.07 Å². The van der Waals surface area contributed by atoms with Crippen molar-refractivity contribution < 1.29 is 0 Å². The van der Waals surface area contributed by atoms with Gasteiger partial charge in [-0.15, -0.1) is 0 Å². The molecule has 67 heteroatoms. The van der Waals surface area contributed by atoms with Crippen molar-refractivity contribution in [2.24, 2.45) is 0 Å². The molecule has 0 heterocycles. The first-order chi connectivity index (χ1) is 38.7. The zero-order valence-electron chi connectivity index (χ0n) is 34.1. The summed E-state index contributed by atoms with van der Waals surface area (Å²) in [4.78, 5) is 0. The van der Waals surface area contributed by atoms with Crippen LogP contribution < -0.4 is 11.5 Å². The quantitative estimate of drug-likeness (QED) is 0.392. The van der Waals surface area contributed by atoms with Gasteiger partial charge in [0.1, 0.15) is 0 Å². The molecule has 2 aliphatic rings. The molecule has 458 valence electrons. The maximum atomic E-state index is 6.00. The van der Waals surface area contributed by atoms with Gasteiger partial charge in [0.15, 0.2) is 0 Å². The Kier molecular flexibility index (Phi) is 81.5. The van der Waals surface area contributed by atoms with Gasteiger partial charge in [0.2, 0.25) is 0 Å². The first-order valence-corrected chi connectivity index (χ1v) is 101. The molecule has 0 aromatic heterocycles. The number of anilines is 2. The van der Waals surface area contributed by atoms with Crippen LogP contribution in [0.4, 0.5) is 11.4 Å². The van der Waals surface area contributed by atoms with Gasteiger partial charge in [-0.05, 0) is 48.3 Å². The van der Waals surface area contributed by atoms with Gasteiger partial charge in [-0.2, -0.15) is 0 Å². The summed E-state index contributed by atoms with van der Waals surface area (Å²) in [7, 11) is 113. The Morgan fingerprint density at radius 1 is 0.244 bits per heavy atom. The van der Waals surface area contributed by atoms with Crippen LogP contribution in [0.3, 0.4) is 0 Å². The number of benzene rings is 1. The molecule has 1 aromatic carbocycles. The highest BCUT2D eigenvalue weighted by molar-refractivity contribution is 8.84. The molecule has 2 bridgehead atoms. The lowest BCUT2D eigenvalue weighted by molar-refractivity contribution is 0.719. The Morgan fingerprint density at radius 3 is 0.590 bits per heavy atom. The molecule has 0 radical (unpaired) electrons. The first kappa shape index (κ1) is 87.2. The number of nitrogen functional groups attached to an aromatic ring is 2. The van der Waals surface area contributed by atoms with E-state index in [9.17, 15) is 0 Å². The molecule has 1 aromatic rings. The largest absolute Gasteiger partial charge is 0.397 e. The number of hydrogen-bond donors (Lipinski definition) is 2. The molecule has 3 rings (SSSR count). The molecule has 0 spiro atoms. The second-order valence-corrected chi connectivity index (χ2v) is 120. The maximum Gasteiger partial charge on any atom is 0.0586 e. The Morgan fingerprint density at radius 2 is 0.410 bits per heavy atom. The topological polar surface area (TPSA) is 52.0 Å². The highest BCUT2D eigenvalue weighted by atomic mass is 33.5. The van der Waals surface area contributed by atoms with Gasteiger partial charge in [-0.25, -0.2) is 0 Å². The summed E-state index contributed by atoms with van der Waals surface area (Å²) in [5.41, 5.74) is 16.2. The van der Waals surface area contributed by atoms with E-state index >= 15 is 0 Å². The zero-order chi connectivity index (χ0) is 55.5. The summed E-state index contributed by atoms with van der Waals surface area (Å²) in [6.07, 6.45) is 3.97. The molecule has 2 nitrogen and oxygen atoms in total. The van der Waals surface area contributed by atoms with Crippen molar-refractivity contribution >= 4 is 593 Å². The summed E-state index contributed by atoms with van der Waals surface area (Å²) in [6.45, 7) is 0. The lowest BCUT2D eigenvalue weighted by Crippen LogP contribution is -2.05. The third-order valence-electron chi connectivity index (χ3n) is 5.36. The Labute approximate surface area is 640 Å². The van der Waals surface area contributed by atoms with E-state index in [2.05, 4.69) is 6.07 Å². The number of fused-ring (bicyclic) bond motifs is 5. The van der Waals surface area contributed by atoms with Crippen molar-refractivity contribution in [1.82, 2.24) is 0 Å². The molecule has 4 N–H and O–H groups in total. The Hall–Kier alpha value is 13.1. The van der Waals surface area contributed by atoms with E-state index in [0.717, 1.165) is 17.3 Å². The average Bonchev–Trinajstić information content (AvgIpc) is 4.15. The molecule has 0 amide bonds. The van der Waals surface area contributed by atoms with Crippen molar-refractivity contribution in [3.63, 3.8) is 0 Å². The smallest absolute Gasteiger partial charge is 0.0586 e. The molecule has 2 atom stereocenters. The van der Waals surface area contributed by atoms with E-state index in [-0.39, 0.29) is 0 Å². The molecular formula is C11H14N2S65. The zero-order valence-corrected chi connectivity index (χ0v) is 87.2. The minimum atomic E-state index is 0.712. The Bertz CT molecular complexity index is 5190. The SMILES string of the molecule is Nc1ccc2c(c1N)C1CCC2C1.S=S=S=S=S=S=S=S=S=S=S=S=S=S=S=S=S=S=S=S=S=S=S=S=S=S=S=S=S=S=S=S=S=S=S=S=S=S=S=S=S=S=S=S=S=S=S=S=S=S=S=S=S=S=S=S=S=S=S=S=S=S=S=S=S. The average molecular weight is 2260 g/mol. The number of nitrogens with two attached hydrogens (primary N) is 2. The van der Waals surface area contributed by atoms with Gasteiger partial charge in [-0.3, -0.25) is 0 Å². The highest BCUT2D eigenvalue weighted by Crippen LogP contribution is 2.55. The van der Waals surface area contributed by atoms with Crippen molar-refractivity contribution in [2.45, 2.75) is 31.1 Å². The third kappa shape index (κ3) is 58.1. The van der Waals surface area contributed by atoms with E-state index in [1.54, 1.807) is 107 Å². The fourth-order valence-corrected chi connectivity index (χ4v) is 171. The van der Waals surface area contributed by atoms with Gasteiger partial charge < -0.3 is 11.5 Å². The molecule has 2 unspecified atom stereocenters. The van der Waals surface area contributed by atoms with E-state index in [0.29, 0.717) is 5.92 Å². The second kappa shape index (κ2) is 72.9. The Balaban J connectivity index is 0.00000136. The predicted molar refractivity (Wildman–Crippen MR) is 533 cm³/mol. The fraction of sp³-hybridized carbons (Fsp3) is 0.455. The standard InChI is InChI=1S/C11H14N2.S65/c12-9-4-3-8-6-1-2-7(5-6)10(8)11(9)13;1-3-5-7-9-11-13-15-17-19-21-23-25-27-29-31-33-35-37-39-41-43-45-47-49-51-53-55-57-59-61-63-65-64-62-60-58-56-54-52-50-48-46-44-42-40-38-36-34-32-30-28-26-24-22-20-18-16-14-12-10-8-6-4-2/h3-4,6-7H,1-2,5,12-13H2;. The highest BCUT2D eigenvalue weighted by Gasteiger charge is 2.38. The molecule has 0 saturated heterocycles.